The number of carbonyl (C=O) groups is 2. The van der Waals surface area contributed by atoms with Gasteiger partial charge in [-0.25, -0.2) is 4.79 Å². The van der Waals surface area contributed by atoms with Gasteiger partial charge in [-0.3, -0.25) is 10.1 Å². The fourth-order valence-electron chi connectivity index (χ4n) is 1.72. The van der Waals surface area contributed by atoms with Gasteiger partial charge in [-0.15, -0.1) is 10.2 Å². The van der Waals surface area contributed by atoms with E-state index < -0.39 is 24.0 Å². The average Bonchev–Trinajstić information content (AvgIpc) is 2.97. The van der Waals surface area contributed by atoms with Gasteiger partial charge in [0.1, 0.15) is 11.4 Å². The van der Waals surface area contributed by atoms with Gasteiger partial charge in [0.2, 0.25) is 5.13 Å². The molecule has 9 heteroatoms. The van der Waals surface area contributed by atoms with Crippen molar-refractivity contribution in [2.45, 2.75) is 6.04 Å². The van der Waals surface area contributed by atoms with E-state index in [-0.39, 0.29) is 13.2 Å². The third kappa shape index (κ3) is 2.57. The smallest absolute Gasteiger partial charge is 0.323 e. The molecule has 0 spiro atoms. The Labute approximate surface area is 107 Å². The minimum atomic E-state index is -0.965. The zero-order valence-electron chi connectivity index (χ0n) is 9.57. The van der Waals surface area contributed by atoms with E-state index in [2.05, 4.69) is 15.5 Å². The van der Waals surface area contributed by atoms with Crippen LogP contribution in [0.25, 0.3) is 0 Å². The summed E-state index contributed by atoms with van der Waals surface area (Å²) in [6.45, 7) is 0.341. The number of anilines is 1. The molecule has 0 bridgehead atoms. The predicted molar refractivity (Wildman–Crippen MR) is 62.4 cm³/mol. The van der Waals surface area contributed by atoms with Crippen molar-refractivity contribution in [3.63, 3.8) is 0 Å². The minimum absolute atomic E-state index is 0.121. The molecule has 0 radical (unpaired) electrons. The zero-order valence-corrected chi connectivity index (χ0v) is 10.4. The van der Waals surface area contributed by atoms with Gasteiger partial charge in [0.05, 0.1) is 19.3 Å². The number of hydrogen-bond acceptors (Lipinski definition) is 6. The van der Waals surface area contributed by atoms with Crippen LogP contribution in [0.1, 0.15) is 0 Å². The minimum Gasteiger partial charge on any atom is -0.481 e. The molecule has 1 saturated heterocycles. The van der Waals surface area contributed by atoms with E-state index in [9.17, 15) is 9.59 Å². The van der Waals surface area contributed by atoms with Crippen LogP contribution in [0.3, 0.4) is 0 Å². The van der Waals surface area contributed by atoms with Crippen molar-refractivity contribution in [3.05, 3.63) is 5.51 Å². The number of hydrogen-bond donors (Lipinski definition) is 2. The van der Waals surface area contributed by atoms with Gasteiger partial charge in [0.25, 0.3) is 0 Å². The summed E-state index contributed by atoms with van der Waals surface area (Å²) in [6.07, 6.45) is 0. The summed E-state index contributed by atoms with van der Waals surface area (Å²) in [5, 5.41) is 19.2. The Morgan fingerprint density at radius 3 is 3.00 bits per heavy atom. The molecule has 1 aliphatic heterocycles. The van der Waals surface area contributed by atoms with Crippen LogP contribution in [-0.2, 0) is 9.53 Å². The van der Waals surface area contributed by atoms with Gasteiger partial charge in [-0.1, -0.05) is 11.3 Å². The lowest BCUT2D eigenvalue weighted by atomic mass is 10.0. The summed E-state index contributed by atoms with van der Waals surface area (Å²) < 4.78 is 5.11. The maximum Gasteiger partial charge on any atom is 0.323 e. The molecule has 18 heavy (non-hydrogen) atoms. The van der Waals surface area contributed by atoms with Crippen LogP contribution < -0.4 is 5.32 Å². The molecule has 98 valence electrons. The van der Waals surface area contributed by atoms with Crippen molar-refractivity contribution < 1.29 is 19.4 Å². The Hall–Kier alpha value is -1.74. The summed E-state index contributed by atoms with van der Waals surface area (Å²) in [5.74, 6) is -1.66. The first-order chi connectivity index (χ1) is 8.59. The number of nitrogens with one attached hydrogen (secondary N) is 1. The second-order valence-electron chi connectivity index (χ2n) is 3.83. The van der Waals surface area contributed by atoms with Crippen molar-refractivity contribution >= 4 is 28.5 Å². The lowest BCUT2D eigenvalue weighted by Crippen LogP contribution is -2.45. The molecule has 2 unspecified atom stereocenters. The van der Waals surface area contributed by atoms with Gasteiger partial charge in [0.15, 0.2) is 0 Å². The van der Waals surface area contributed by atoms with Crippen LogP contribution in [0.2, 0.25) is 0 Å². The third-order valence-corrected chi connectivity index (χ3v) is 3.37. The fraction of sp³-hybridized carbons (Fsp3) is 0.556. The number of aliphatic carboxylic acids is 1. The van der Waals surface area contributed by atoms with E-state index in [1.807, 2.05) is 0 Å². The molecule has 2 N–H and O–H groups in total. The number of carboxylic acid groups (broad SMARTS) is 1. The zero-order chi connectivity index (χ0) is 13.1. The molecule has 0 aromatic carbocycles. The number of ether oxygens (including phenoxy) is 1. The highest BCUT2D eigenvalue weighted by Gasteiger charge is 2.38. The molecular formula is C9H12N4O4S. The van der Waals surface area contributed by atoms with Gasteiger partial charge in [-0.2, -0.15) is 0 Å². The second-order valence-corrected chi connectivity index (χ2v) is 4.67. The maximum absolute atomic E-state index is 11.9. The number of urea groups is 1. The Balaban J connectivity index is 1.99. The highest BCUT2D eigenvalue weighted by molar-refractivity contribution is 7.13. The van der Waals surface area contributed by atoms with Gasteiger partial charge >= 0.3 is 12.0 Å². The number of rotatable bonds is 3. The predicted octanol–water partition coefficient (Wildman–Crippen LogP) is 0.101. The van der Waals surface area contributed by atoms with Crippen molar-refractivity contribution in [1.29, 1.82) is 0 Å². The first-order valence-electron chi connectivity index (χ1n) is 5.20. The maximum atomic E-state index is 11.9. The summed E-state index contributed by atoms with van der Waals surface area (Å²) in [4.78, 5) is 24.2. The van der Waals surface area contributed by atoms with Crippen molar-refractivity contribution in [3.8, 4) is 0 Å². The monoisotopic (exact) mass is 272 g/mol. The molecule has 8 nitrogen and oxygen atoms in total. The first kappa shape index (κ1) is 12.7. The number of likely N-dealkylation sites (N-methyl/N-ethyl adjacent to an activating group) is 1. The quantitative estimate of drug-likeness (QED) is 0.808. The van der Waals surface area contributed by atoms with E-state index in [1.54, 1.807) is 0 Å². The number of carbonyl (C=O) groups excluding carboxylic acids is 1. The van der Waals surface area contributed by atoms with Crippen molar-refractivity contribution in [2.24, 2.45) is 5.92 Å². The summed E-state index contributed by atoms with van der Waals surface area (Å²) in [5.41, 5.74) is 1.49. The van der Waals surface area contributed by atoms with E-state index in [0.717, 1.165) is 0 Å². The lowest BCUT2D eigenvalue weighted by molar-refractivity contribution is -0.142. The van der Waals surface area contributed by atoms with E-state index in [1.165, 1.54) is 28.8 Å². The van der Waals surface area contributed by atoms with Gasteiger partial charge in [0, 0.05) is 7.05 Å². The molecule has 2 atom stereocenters. The summed E-state index contributed by atoms with van der Waals surface area (Å²) in [6, 6.07) is -0.899. The highest BCUT2D eigenvalue weighted by Crippen LogP contribution is 2.20. The van der Waals surface area contributed by atoms with Crippen LogP contribution >= 0.6 is 11.3 Å². The molecule has 1 aliphatic rings. The topological polar surface area (TPSA) is 105 Å². The molecule has 1 aromatic rings. The molecule has 0 aliphatic carbocycles. The SMILES string of the molecule is CN(C(=O)Nc1nncs1)C1COCC1C(=O)O. The lowest BCUT2D eigenvalue weighted by Gasteiger charge is -2.25. The number of amides is 2. The van der Waals surface area contributed by atoms with E-state index in [0.29, 0.717) is 5.13 Å². The third-order valence-electron chi connectivity index (χ3n) is 2.76. The molecule has 0 saturated carbocycles. The molecule has 1 aromatic heterocycles. The van der Waals surface area contributed by atoms with Crippen LogP contribution in [0.5, 0.6) is 0 Å². The largest absolute Gasteiger partial charge is 0.481 e. The van der Waals surface area contributed by atoms with Crippen LogP contribution in [-0.4, -0.2) is 58.5 Å². The molecule has 2 heterocycles. The van der Waals surface area contributed by atoms with Crippen LogP contribution in [0.15, 0.2) is 5.51 Å². The Morgan fingerprint density at radius 2 is 2.39 bits per heavy atom. The second kappa shape index (κ2) is 5.27. The number of carboxylic acids is 1. The van der Waals surface area contributed by atoms with Gasteiger partial charge in [-0.05, 0) is 0 Å². The Morgan fingerprint density at radius 1 is 1.61 bits per heavy atom. The molecule has 1 fully saturated rings. The molecule has 2 amide bonds. The van der Waals surface area contributed by atoms with Crippen LogP contribution in [0.4, 0.5) is 9.93 Å². The number of nitrogens with zero attached hydrogens (tertiary/aromatic N) is 3. The Bertz CT molecular complexity index is 438. The van der Waals surface area contributed by atoms with Crippen molar-refractivity contribution in [1.82, 2.24) is 15.1 Å². The van der Waals surface area contributed by atoms with Crippen molar-refractivity contribution in [2.75, 3.05) is 25.6 Å². The molecular weight excluding hydrogens is 260 g/mol. The standard InChI is InChI=1S/C9H12N4O4S/c1-13(6-3-17-2-5(6)7(14)15)9(16)11-8-12-10-4-18-8/h4-6H,2-3H2,1H3,(H,14,15)(H,11,12,16). The van der Waals surface area contributed by atoms with E-state index >= 15 is 0 Å². The Kier molecular flexibility index (Phi) is 3.72. The summed E-state index contributed by atoms with van der Waals surface area (Å²) in [7, 11) is 1.53. The van der Waals surface area contributed by atoms with Gasteiger partial charge < -0.3 is 14.7 Å². The van der Waals surface area contributed by atoms with E-state index in [4.69, 9.17) is 9.84 Å². The van der Waals surface area contributed by atoms with Crippen LogP contribution in [0, 0.1) is 5.92 Å². The highest BCUT2D eigenvalue weighted by atomic mass is 32.1. The molecule has 2 rings (SSSR count). The average molecular weight is 272 g/mol. The fourth-order valence-corrected chi connectivity index (χ4v) is 2.15. The normalized spacial score (nSPS) is 22.7. The number of aromatic nitrogens is 2. The summed E-state index contributed by atoms with van der Waals surface area (Å²) >= 11 is 1.19. The first-order valence-corrected chi connectivity index (χ1v) is 6.08.